The third-order valence-corrected chi connectivity index (χ3v) is 6.31. The van der Waals surface area contributed by atoms with E-state index < -0.39 is 11.6 Å². The highest BCUT2D eigenvalue weighted by molar-refractivity contribution is 5.85. The second-order valence-corrected chi connectivity index (χ2v) is 10.1. The van der Waals surface area contributed by atoms with E-state index in [1.807, 2.05) is 18.2 Å². The van der Waals surface area contributed by atoms with Crippen molar-refractivity contribution in [2.75, 3.05) is 18.0 Å². The van der Waals surface area contributed by atoms with E-state index >= 15 is 0 Å². The second-order valence-electron chi connectivity index (χ2n) is 10.1. The van der Waals surface area contributed by atoms with Gasteiger partial charge in [-0.3, -0.25) is 4.79 Å². The van der Waals surface area contributed by atoms with Gasteiger partial charge < -0.3 is 20.1 Å². The van der Waals surface area contributed by atoms with Crippen molar-refractivity contribution in [1.82, 2.24) is 5.32 Å². The first kappa shape index (κ1) is 25.6. The van der Waals surface area contributed by atoms with Crippen LogP contribution in [0.3, 0.4) is 0 Å². The summed E-state index contributed by atoms with van der Waals surface area (Å²) in [4.78, 5) is 27.1. The highest BCUT2D eigenvalue weighted by Gasteiger charge is 2.29. The average molecular weight is 467 g/mol. The largest absolute Gasteiger partial charge is 0.478 e. The van der Waals surface area contributed by atoms with Crippen LogP contribution in [0.5, 0.6) is 5.75 Å². The molecule has 0 aliphatic carbocycles. The Kier molecular flexibility index (Phi) is 8.59. The maximum Gasteiger partial charge on any atom is 0.347 e. The fourth-order valence-corrected chi connectivity index (χ4v) is 4.38. The minimum absolute atomic E-state index is 0.0329. The molecule has 1 aliphatic heterocycles. The Bertz CT molecular complexity index is 963. The van der Waals surface area contributed by atoms with Crippen LogP contribution in [-0.4, -0.2) is 35.7 Å². The van der Waals surface area contributed by atoms with Gasteiger partial charge in [0, 0.05) is 25.3 Å². The summed E-state index contributed by atoms with van der Waals surface area (Å²) in [5.41, 5.74) is 1.92. The van der Waals surface area contributed by atoms with Crippen molar-refractivity contribution in [2.45, 2.75) is 71.4 Å². The number of nitrogens with one attached hydrogen (secondary N) is 1. The molecule has 0 aromatic heterocycles. The Labute approximate surface area is 203 Å². The van der Waals surface area contributed by atoms with E-state index in [1.165, 1.54) is 38.8 Å². The predicted molar refractivity (Wildman–Crippen MR) is 135 cm³/mol. The highest BCUT2D eigenvalue weighted by atomic mass is 16.5. The number of anilines is 1. The van der Waals surface area contributed by atoms with E-state index in [9.17, 15) is 14.7 Å². The molecule has 3 rings (SSSR count). The zero-order valence-electron chi connectivity index (χ0n) is 20.8. The summed E-state index contributed by atoms with van der Waals surface area (Å²) in [7, 11) is 0. The number of carbonyl (C=O) groups is 2. The van der Waals surface area contributed by atoms with E-state index in [4.69, 9.17) is 4.74 Å². The smallest absolute Gasteiger partial charge is 0.347 e. The molecule has 1 saturated heterocycles. The van der Waals surface area contributed by atoms with Crippen molar-refractivity contribution >= 4 is 17.6 Å². The topological polar surface area (TPSA) is 78.9 Å². The number of nitrogens with zero attached hydrogens (tertiary/aromatic N) is 1. The summed E-state index contributed by atoms with van der Waals surface area (Å²) in [5.74, 6) is -0.331. The summed E-state index contributed by atoms with van der Waals surface area (Å²) < 4.78 is 5.56. The molecule has 6 heteroatoms. The van der Waals surface area contributed by atoms with Crippen LogP contribution >= 0.6 is 0 Å². The lowest BCUT2D eigenvalue weighted by molar-refractivity contribution is -0.152. The molecule has 184 valence electrons. The number of hydrogen-bond donors (Lipinski definition) is 2. The SMILES string of the molecule is CC(C)CC(C(=O)NCc1ccc(OC(C)(C)C(=O)O)cc1)c1ccccc1N1CCCCC1. The summed E-state index contributed by atoms with van der Waals surface area (Å²) >= 11 is 0. The van der Waals surface area contributed by atoms with Crippen molar-refractivity contribution in [2.24, 2.45) is 5.92 Å². The van der Waals surface area contributed by atoms with Gasteiger partial charge in [0.25, 0.3) is 0 Å². The first-order valence-electron chi connectivity index (χ1n) is 12.3. The van der Waals surface area contributed by atoms with Crippen molar-refractivity contribution in [3.05, 3.63) is 59.7 Å². The molecule has 2 aromatic carbocycles. The molecule has 1 fully saturated rings. The monoisotopic (exact) mass is 466 g/mol. The number of para-hydroxylation sites is 1. The van der Waals surface area contributed by atoms with E-state index in [0.717, 1.165) is 30.6 Å². The number of carboxylic acids is 1. The van der Waals surface area contributed by atoms with Crippen LogP contribution in [0.15, 0.2) is 48.5 Å². The number of carbonyl (C=O) groups excluding carboxylic acids is 1. The van der Waals surface area contributed by atoms with Gasteiger partial charge in [-0.2, -0.15) is 0 Å². The van der Waals surface area contributed by atoms with Crippen LogP contribution in [0.1, 0.15) is 70.4 Å². The molecule has 1 aliphatic rings. The molecule has 6 nitrogen and oxygen atoms in total. The van der Waals surface area contributed by atoms with Gasteiger partial charge in [0.1, 0.15) is 5.75 Å². The van der Waals surface area contributed by atoms with E-state index in [-0.39, 0.29) is 11.8 Å². The van der Waals surface area contributed by atoms with Crippen molar-refractivity contribution < 1.29 is 19.4 Å². The standard InChI is InChI=1S/C28H38N2O4/c1-20(2)18-24(23-10-6-7-11-25(23)30-16-8-5-9-17-30)26(31)29-19-21-12-14-22(15-13-21)34-28(3,4)27(32)33/h6-7,10-15,20,24H,5,8-9,16-19H2,1-4H3,(H,29,31)(H,32,33). The number of carboxylic acid groups (broad SMARTS) is 1. The van der Waals surface area contributed by atoms with Crippen LogP contribution in [0, 0.1) is 5.92 Å². The summed E-state index contributed by atoms with van der Waals surface area (Å²) in [6.07, 6.45) is 4.44. The Morgan fingerprint density at radius 3 is 2.29 bits per heavy atom. The van der Waals surface area contributed by atoms with Gasteiger partial charge in [-0.1, -0.05) is 44.2 Å². The number of piperidine rings is 1. The molecule has 0 radical (unpaired) electrons. The maximum atomic E-state index is 13.4. The lowest BCUT2D eigenvalue weighted by atomic mass is 9.87. The number of benzene rings is 2. The van der Waals surface area contributed by atoms with Gasteiger partial charge in [0.2, 0.25) is 5.91 Å². The maximum absolute atomic E-state index is 13.4. The van der Waals surface area contributed by atoms with E-state index in [1.54, 1.807) is 12.1 Å². The molecule has 34 heavy (non-hydrogen) atoms. The molecule has 1 amide bonds. The Morgan fingerprint density at radius 1 is 1.03 bits per heavy atom. The highest BCUT2D eigenvalue weighted by Crippen LogP contribution is 2.33. The summed E-state index contributed by atoms with van der Waals surface area (Å²) in [6, 6.07) is 15.5. The zero-order valence-corrected chi connectivity index (χ0v) is 20.8. The normalized spacial score (nSPS) is 15.1. The Hall–Kier alpha value is -3.02. The first-order chi connectivity index (χ1) is 16.2. The summed E-state index contributed by atoms with van der Waals surface area (Å²) in [6.45, 7) is 9.82. The number of aliphatic carboxylic acids is 1. The molecule has 1 heterocycles. The number of rotatable bonds is 10. The molecule has 2 N–H and O–H groups in total. The minimum atomic E-state index is -1.30. The van der Waals surface area contributed by atoms with Crippen LogP contribution in [0.25, 0.3) is 0 Å². The van der Waals surface area contributed by atoms with E-state index in [0.29, 0.717) is 18.2 Å². The zero-order chi connectivity index (χ0) is 24.7. The van der Waals surface area contributed by atoms with Crippen molar-refractivity contribution in [3.63, 3.8) is 0 Å². The third kappa shape index (κ3) is 6.75. The Morgan fingerprint density at radius 2 is 1.68 bits per heavy atom. The van der Waals surface area contributed by atoms with Gasteiger partial charge in [0.15, 0.2) is 5.60 Å². The van der Waals surface area contributed by atoms with Gasteiger partial charge in [-0.25, -0.2) is 4.79 Å². The minimum Gasteiger partial charge on any atom is -0.478 e. The van der Waals surface area contributed by atoms with Crippen LogP contribution in [0.4, 0.5) is 5.69 Å². The molecular formula is C28H38N2O4. The van der Waals surface area contributed by atoms with Gasteiger partial charge in [-0.15, -0.1) is 0 Å². The molecule has 1 unspecified atom stereocenters. The van der Waals surface area contributed by atoms with Crippen LogP contribution in [-0.2, 0) is 16.1 Å². The van der Waals surface area contributed by atoms with E-state index in [2.05, 4.69) is 42.3 Å². The molecule has 1 atom stereocenters. The Balaban J connectivity index is 1.71. The van der Waals surface area contributed by atoms with Gasteiger partial charge in [0.05, 0.1) is 5.92 Å². The third-order valence-electron chi connectivity index (χ3n) is 6.31. The van der Waals surface area contributed by atoms with Crippen LogP contribution < -0.4 is 15.0 Å². The number of amides is 1. The molecular weight excluding hydrogens is 428 g/mol. The van der Waals surface area contributed by atoms with Gasteiger partial charge in [-0.05, 0) is 74.8 Å². The fourth-order valence-electron chi connectivity index (χ4n) is 4.38. The predicted octanol–water partition coefficient (Wildman–Crippen LogP) is 5.37. The van der Waals surface area contributed by atoms with Crippen molar-refractivity contribution in [3.8, 4) is 5.75 Å². The quantitative estimate of drug-likeness (QED) is 0.492. The van der Waals surface area contributed by atoms with Crippen molar-refractivity contribution in [1.29, 1.82) is 0 Å². The number of ether oxygens (including phenoxy) is 1. The van der Waals surface area contributed by atoms with Crippen LogP contribution in [0.2, 0.25) is 0 Å². The molecule has 0 saturated carbocycles. The second kappa shape index (κ2) is 11.4. The van der Waals surface area contributed by atoms with Gasteiger partial charge >= 0.3 is 5.97 Å². The fraction of sp³-hybridized carbons (Fsp3) is 0.500. The lowest BCUT2D eigenvalue weighted by Crippen LogP contribution is -2.37. The first-order valence-corrected chi connectivity index (χ1v) is 12.3. The average Bonchev–Trinajstić information content (AvgIpc) is 2.82. The summed E-state index contributed by atoms with van der Waals surface area (Å²) in [5, 5.41) is 12.4. The lowest BCUT2D eigenvalue weighted by Gasteiger charge is -2.32. The molecule has 0 bridgehead atoms. The molecule has 2 aromatic rings. The molecule has 0 spiro atoms. The number of hydrogen-bond acceptors (Lipinski definition) is 4.